The van der Waals surface area contributed by atoms with Crippen LogP contribution in [0.3, 0.4) is 0 Å². The molecule has 1 unspecified atom stereocenters. The highest BCUT2D eigenvalue weighted by Crippen LogP contribution is 2.35. The van der Waals surface area contributed by atoms with Crippen molar-refractivity contribution in [2.75, 3.05) is 65.8 Å². The second-order valence-electron chi connectivity index (χ2n) is 23.9. The van der Waals surface area contributed by atoms with E-state index in [4.69, 9.17) is 38.6 Å². The van der Waals surface area contributed by atoms with Crippen LogP contribution in [0.25, 0.3) is 21.8 Å². The van der Waals surface area contributed by atoms with Gasteiger partial charge in [-0.05, 0) is 197 Å². The van der Waals surface area contributed by atoms with Gasteiger partial charge in [-0.3, -0.25) is 28.5 Å². The average Bonchev–Trinajstić information content (AvgIpc) is 1.69. The third-order valence-corrected chi connectivity index (χ3v) is 17.5. The number of hydrogen-bond donors (Lipinski definition) is 0. The number of amides is 2. The van der Waals surface area contributed by atoms with Crippen molar-refractivity contribution >= 4 is 45.2 Å². The number of benzene rings is 6. The number of likely N-dealkylation sites (tertiary alicyclic amines) is 2. The fraction of sp³-hybridized carbons (Fsp3) is 0.400. The molecule has 12 rings (SSSR count). The number of nitrogens with zero attached hydrogens (tertiary/aromatic N) is 6. The van der Waals surface area contributed by atoms with Crippen LogP contribution in [0.2, 0.25) is 0 Å². The lowest BCUT2D eigenvalue weighted by Crippen LogP contribution is -2.39. The predicted octanol–water partition coefficient (Wildman–Crippen LogP) is 14.2. The summed E-state index contributed by atoms with van der Waals surface area (Å²) in [6.07, 6.45) is 0.622. The second-order valence-corrected chi connectivity index (χ2v) is 23.9. The van der Waals surface area contributed by atoms with Crippen LogP contribution in [-0.2, 0) is 44.4 Å². The molecule has 0 saturated carbocycles. The lowest BCUT2D eigenvalue weighted by atomic mass is 9.96. The fourth-order valence-corrected chi connectivity index (χ4v) is 12.2. The zero-order chi connectivity index (χ0) is 64.5. The van der Waals surface area contributed by atoms with E-state index in [1.807, 2.05) is 69.7 Å². The number of aromatic nitrogens is 4. The van der Waals surface area contributed by atoms with Gasteiger partial charge in [0.2, 0.25) is 0 Å². The van der Waals surface area contributed by atoms with Crippen molar-refractivity contribution in [2.45, 2.75) is 103 Å². The summed E-state index contributed by atoms with van der Waals surface area (Å²) in [5.74, 6) is 2.18. The maximum absolute atomic E-state index is 13.2. The smallest absolute Gasteiger partial charge is 0.416 e. The Morgan fingerprint density at radius 1 is 0.478 bits per heavy atom. The van der Waals surface area contributed by atoms with Crippen molar-refractivity contribution in [1.82, 2.24) is 29.4 Å². The number of piperidine rings is 2. The van der Waals surface area contributed by atoms with Gasteiger partial charge in [0, 0.05) is 97.5 Å². The van der Waals surface area contributed by atoms with Crippen LogP contribution in [0.5, 0.6) is 23.0 Å². The van der Waals surface area contributed by atoms with Gasteiger partial charge in [0.15, 0.2) is 11.6 Å². The minimum atomic E-state index is -4.41. The van der Waals surface area contributed by atoms with E-state index in [0.717, 1.165) is 107 Å². The molecule has 4 aliphatic heterocycles. The molecule has 0 radical (unpaired) electrons. The molecule has 8 aromatic rings. The summed E-state index contributed by atoms with van der Waals surface area (Å²) in [6.45, 7) is 11.3. The number of halogens is 6. The SMILES string of the molecule is Cc1c(C(=O)CCC2COCCO2)ccc2nn(CC3CCN(C(=O)c4ccc(Oc5ccc(C(F)(F)F)cc5)cc4)CC3)cc12.Cc1c(C(=O)CC[C@@H]2COCCO2)ccc2nn(CC3CCN(C(=O)c4ccc(Oc5ccc(C(F)(F)F)cc5)cc4)CC3)cc12. The molecule has 22 heteroatoms. The minimum absolute atomic E-state index is 0.0323. The monoisotopic (exact) mass is 1270 g/mol. The number of fused-ring (bicyclic) bond motifs is 2. The first kappa shape index (κ1) is 65.1. The molecular weight excluding hydrogens is 1200 g/mol. The Morgan fingerprint density at radius 3 is 1.15 bits per heavy atom. The van der Waals surface area contributed by atoms with Gasteiger partial charge in [-0.25, -0.2) is 0 Å². The number of carbonyl (C=O) groups is 4. The average molecular weight is 1270 g/mol. The van der Waals surface area contributed by atoms with Crippen molar-refractivity contribution in [3.63, 3.8) is 0 Å². The zero-order valence-electron chi connectivity index (χ0n) is 51.2. The molecule has 2 aromatic heterocycles. The van der Waals surface area contributed by atoms with Crippen molar-refractivity contribution < 1.29 is 73.9 Å². The molecule has 6 aromatic carbocycles. The van der Waals surface area contributed by atoms with Crippen molar-refractivity contribution in [1.29, 1.82) is 0 Å². The van der Waals surface area contributed by atoms with Gasteiger partial charge in [0.25, 0.3) is 11.8 Å². The zero-order valence-corrected chi connectivity index (χ0v) is 51.2. The lowest BCUT2D eigenvalue weighted by Gasteiger charge is -2.32. The van der Waals surface area contributed by atoms with Crippen molar-refractivity contribution in [3.05, 3.63) is 178 Å². The largest absolute Gasteiger partial charge is 0.457 e. The topological polar surface area (TPSA) is 166 Å². The number of Topliss-reactive ketones (excluding diaryl/α,β-unsaturated/α-hetero) is 2. The molecule has 16 nitrogen and oxygen atoms in total. The van der Waals surface area contributed by atoms with E-state index >= 15 is 0 Å². The van der Waals surface area contributed by atoms with Gasteiger partial charge in [-0.1, -0.05) is 0 Å². The number of aryl methyl sites for hydroxylation is 2. The third kappa shape index (κ3) is 16.4. The molecule has 484 valence electrons. The van der Waals surface area contributed by atoms with Gasteiger partial charge in [0.05, 0.1) is 74.0 Å². The summed E-state index contributed by atoms with van der Waals surface area (Å²) in [7, 11) is 0. The molecule has 2 amide bonds. The molecule has 0 spiro atoms. The van der Waals surface area contributed by atoms with E-state index in [2.05, 4.69) is 0 Å². The number of ketones is 2. The van der Waals surface area contributed by atoms with Gasteiger partial charge in [-0.2, -0.15) is 36.5 Å². The summed E-state index contributed by atoms with van der Waals surface area (Å²) in [6, 6.07) is 29.7. The number of alkyl halides is 6. The van der Waals surface area contributed by atoms with E-state index in [-0.39, 0.29) is 47.1 Å². The van der Waals surface area contributed by atoms with Gasteiger partial charge >= 0.3 is 12.4 Å². The third-order valence-electron chi connectivity index (χ3n) is 17.5. The van der Waals surface area contributed by atoms with Gasteiger partial charge < -0.3 is 38.2 Å². The normalized spacial score (nSPS) is 17.7. The molecule has 92 heavy (non-hydrogen) atoms. The van der Waals surface area contributed by atoms with Crippen LogP contribution in [0.15, 0.2) is 134 Å². The summed E-state index contributed by atoms with van der Waals surface area (Å²) in [5, 5.41) is 11.5. The second kappa shape index (κ2) is 29.0. The van der Waals surface area contributed by atoms with Crippen LogP contribution in [-0.4, -0.2) is 131 Å². The summed E-state index contributed by atoms with van der Waals surface area (Å²) >= 11 is 0. The number of carbonyl (C=O) groups excluding carboxylic acids is 4. The Bertz CT molecular complexity index is 3590. The van der Waals surface area contributed by atoms with E-state index in [9.17, 15) is 45.5 Å². The number of ether oxygens (including phenoxy) is 6. The van der Waals surface area contributed by atoms with Crippen LogP contribution < -0.4 is 9.47 Å². The predicted molar refractivity (Wildman–Crippen MR) is 330 cm³/mol. The van der Waals surface area contributed by atoms with Crippen molar-refractivity contribution in [3.8, 4) is 23.0 Å². The van der Waals surface area contributed by atoms with Gasteiger partial charge in [0.1, 0.15) is 23.0 Å². The van der Waals surface area contributed by atoms with E-state index in [0.29, 0.717) is 126 Å². The Hall–Kier alpha value is -8.44. The molecule has 2 atom stereocenters. The highest BCUT2D eigenvalue weighted by atomic mass is 19.4. The van der Waals surface area contributed by atoms with Crippen molar-refractivity contribution in [2.24, 2.45) is 11.8 Å². The van der Waals surface area contributed by atoms with Crippen LogP contribution in [0, 0.1) is 25.7 Å². The Morgan fingerprint density at radius 2 is 0.826 bits per heavy atom. The Labute approximate surface area is 528 Å². The maximum atomic E-state index is 13.2. The number of hydrogen-bond acceptors (Lipinski definition) is 12. The summed E-state index contributed by atoms with van der Waals surface area (Å²) in [4.78, 5) is 56.0. The first-order chi connectivity index (χ1) is 44.3. The summed E-state index contributed by atoms with van der Waals surface area (Å²) < 4.78 is 114. The first-order valence-electron chi connectivity index (χ1n) is 31.2. The molecular formula is C70H72F6N6O10. The fourth-order valence-electron chi connectivity index (χ4n) is 12.2. The molecule has 4 fully saturated rings. The Balaban J connectivity index is 0.000000188. The first-order valence-corrected chi connectivity index (χ1v) is 31.2. The van der Waals surface area contributed by atoms with E-state index in [1.165, 1.54) is 24.3 Å². The van der Waals surface area contributed by atoms with Crippen LogP contribution in [0.4, 0.5) is 26.3 Å². The lowest BCUT2D eigenvalue weighted by molar-refractivity contribution is -0.138. The van der Waals surface area contributed by atoms with E-state index < -0.39 is 23.5 Å². The van der Waals surface area contributed by atoms with Crippen LogP contribution >= 0.6 is 0 Å². The molecule has 6 heterocycles. The molecule has 4 saturated heterocycles. The van der Waals surface area contributed by atoms with Gasteiger partial charge in [-0.15, -0.1) is 0 Å². The minimum Gasteiger partial charge on any atom is -0.457 e. The molecule has 0 N–H and O–H groups in total. The number of rotatable bonds is 18. The standard InChI is InChI=1S/2C35H36F3N3O5/c2*1-23-30(33(42)13-10-29-22-44-18-19-45-29)11-12-32-31(23)21-41(39-32)20-24-14-16-40(17-15-24)34(43)25-2-6-27(7-3-25)46-28-8-4-26(5-9-28)35(36,37)38/h2*2-9,11-12,21,24,29H,10,13-20,22H2,1H3/t29-;/m1./s1. The molecule has 0 bridgehead atoms. The maximum Gasteiger partial charge on any atom is 0.416 e. The Kier molecular flexibility index (Phi) is 20.5. The molecule has 0 aliphatic carbocycles. The highest BCUT2D eigenvalue weighted by Gasteiger charge is 2.32. The summed E-state index contributed by atoms with van der Waals surface area (Å²) in [5.41, 5.74) is 4.59. The quantitative estimate of drug-likeness (QED) is 0.0590. The van der Waals surface area contributed by atoms with Crippen LogP contribution in [0.1, 0.15) is 115 Å². The molecule has 4 aliphatic rings. The highest BCUT2D eigenvalue weighted by molar-refractivity contribution is 6.03. The van der Waals surface area contributed by atoms with E-state index in [1.54, 1.807) is 48.5 Å².